The van der Waals surface area contributed by atoms with E-state index in [4.69, 9.17) is 4.74 Å². The van der Waals surface area contributed by atoms with Crippen LogP contribution in [0.1, 0.15) is 5.56 Å². The molecule has 0 saturated heterocycles. The Hall–Kier alpha value is -1.59. The van der Waals surface area contributed by atoms with Crippen molar-refractivity contribution in [3.05, 3.63) is 63.0 Å². The summed E-state index contributed by atoms with van der Waals surface area (Å²) in [4.78, 5) is 11.6. The molecule has 0 aliphatic heterocycles. The lowest BCUT2D eigenvalue weighted by atomic mass is 10.2. The number of pyridine rings is 1. The monoisotopic (exact) mass is 336 g/mol. The van der Waals surface area contributed by atoms with E-state index in [1.165, 1.54) is 0 Å². The second-order valence-corrected chi connectivity index (χ2v) is 5.21. The van der Waals surface area contributed by atoms with E-state index >= 15 is 0 Å². The molecule has 0 aliphatic rings. The third-order valence-electron chi connectivity index (χ3n) is 2.97. The quantitative estimate of drug-likeness (QED) is 0.882. The van der Waals surface area contributed by atoms with Gasteiger partial charge in [0.2, 0.25) is 0 Å². The van der Waals surface area contributed by atoms with Crippen molar-refractivity contribution in [2.24, 2.45) is 0 Å². The lowest BCUT2D eigenvalue weighted by Crippen LogP contribution is -2.22. The zero-order valence-corrected chi connectivity index (χ0v) is 12.9. The minimum atomic E-state index is 0.0145. The number of ether oxygens (including phenoxy) is 1. The van der Waals surface area contributed by atoms with E-state index in [9.17, 15) is 4.79 Å². The molecule has 0 atom stereocenters. The van der Waals surface area contributed by atoms with Crippen molar-refractivity contribution in [3.8, 4) is 0 Å². The predicted octanol–water partition coefficient (Wildman–Crippen LogP) is 2.87. The van der Waals surface area contributed by atoms with E-state index in [-0.39, 0.29) is 5.56 Å². The number of halogens is 1. The van der Waals surface area contributed by atoms with Gasteiger partial charge in [0, 0.05) is 48.2 Å². The minimum Gasteiger partial charge on any atom is -0.383 e. The molecule has 20 heavy (non-hydrogen) atoms. The van der Waals surface area contributed by atoms with Crippen LogP contribution in [0.5, 0.6) is 0 Å². The fraction of sp³-hybridized carbons (Fsp3) is 0.267. The van der Waals surface area contributed by atoms with Crippen LogP contribution in [-0.2, 0) is 17.9 Å². The smallest absolute Gasteiger partial charge is 0.250 e. The maximum Gasteiger partial charge on any atom is 0.250 e. The Morgan fingerprint density at radius 3 is 2.85 bits per heavy atom. The van der Waals surface area contributed by atoms with Crippen LogP contribution in [-0.4, -0.2) is 18.2 Å². The van der Waals surface area contributed by atoms with Crippen molar-refractivity contribution in [1.82, 2.24) is 4.57 Å². The zero-order valence-electron chi connectivity index (χ0n) is 11.3. The third kappa shape index (κ3) is 3.71. The summed E-state index contributed by atoms with van der Waals surface area (Å²) in [6.07, 6.45) is 1.79. The molecule has 1 aromatic carbocycles. The van der Waals surface area contributed by atoms with Crippen molar-refractivity contribution in [2.75, 3.05) is 19.0 Å². The van der Waals surface area contributed by atoms with Crippen LogP contribution < -0.4 is 10.9 Å². The van der Waals surface area contributed by atoms with Gasteiger partial charge in [0.1, 0.15) is 0 Å². The molecular formula is C15H17BrN2O2. The number of nitrogens with one attached hydrogen (secondary N) is 1. The molecule has 0 saturated carbocycles. The predicted molar refractivity (Wildman–Crippen MR) is 84.0 cm³/mol. The Labute approximate surface area is 126 Å². The zero-order chi connectivity index (χ0) is 14.4. The average molecular weight is 337 g/mol. The lowest BCUT2D eigenvalue weighted by Gasteiger charge is -2.13. The Bertz CT molecular complexity index is 625. The number of nitrogens with zero attached hydrogens (tertiary/aromatic N) is 1. The first-order chi connectivity index (χ1) is 9.72. The van der Waals surface area contributed by atoms with E-state index in [1.807, 2.05) is 24.3 Å². The van der Waals surface area contributed by atoms with E-state index in [1.54, 1.807) is 30.0 Å². The van der Waals surface area contributed by atoms with Gasteiger partial charge >= 0.3 is 0 Å². The lowest BCUT2D eigenvalue weighted by molar-refractivity contribution is 0.185. The number of hydrogen-bond donors (Lipinski definition) is 1. The van der Waals surface area contributed by atoms with Crippen LogP contribution in [0.3, 0.4) is 0 Å². The summed E-state index contributed by atoms with van der Waals surface area (Å²) >= 11 is 3.52. The number of methoxy groups -OCH3 is 1. The molecular weight excluding hydrogens is 320 g/mol. The van der Waals surface area contributed by atoms with E-state index in [2.05, 4.69) is 21.2 Å². The largest absolute Gasteiger partial charge is 0.383 e. The molecule has 0 bridgehead atoms. The highest BCUT2D eigenvalue weighted by Gasteiger charge is 2.05. The van der Waals surface area contributed by atoms with Gasteiger partial charge < -0.3 is 14.6 Å². The molecule has 2 rings (SSSR count). The van der Waals surface area contributed by atoms with Crippen molar-refractivity contribution >= 4 is 21.6 Å². The molecule has 4 nitrogen and oxygen atoms in total. The third-order valence-corrected chi connectivity index (χ3v) is 3.72. The molecule has 0 amide bonds. The molecule has 1 aromatic heterocycles. The number of hydrogen-bond acceptors (Lipinski definition) is 3. The van der Waals surface area contributed by atoms with Crippen LogP contribution in [0, 0.1) is 0 Å². The van der Waals surface area contributed by atoms with Crippen molar-refractivity contribution < 1.29 is 4.74 Å². The number of rotatable bonds is 6. The Kier molecular flexibility index (Phi) is 5.38. The van der Waals surface area contributed by atoms with Crippen LogP contribution in [0.2, 0.25) is 0 Å². The van der Waals surface area contributed by atoms with E-state index in [0.29, 0.717) is 19.7 Å². The molecule has 1 heterocycles. The molecule has 0 unspecified atom stereocenters. The second-order valence-electron chi connectivity index (χ2n) is 4.36. The summed E-state index contributed by atoms with van der Waals surface area (Å²) in [6.45, 7) is 1.84. The summed E-state index contributed by atoms with van der Waals surface area (Å²) in [7, 11) is 1.67. The first-order valence-corrected chi connectivity index (χ1v) is 7.17. The normalized spacial score (nSPS) is 10.5. The maximum absolute atomic E-state index is 11.6. The number of aromatic nitrogens is 1. The van der Waals surface area contributed by atoms with Gasteiger partial charge in [-0.25, -0.2) is 0 Å². The summed E-state index contributed by atoms with van der Waals surface area (Å²) in [5.41, 5.74) is 2.11. The first-order valence-electron chi connectivity index (χ1n) is 6.38. The van der Waals surface area contributed by atoms with Crippen LogP contribution >= 0.6 is 15.9 Å². The van der Waals surface area contributed by atoms with Gasteiger partial charge in [-0.05, 0) is 18.2 Å². The van der Waals surface area contributed by atoms with Crippen molar-refractivity contribution in [2.45, 2.75) is 13.2 Å². The van der Waals surface area contributed by atoms with Crippen LogP contribution in [0.25, 0.3) is 0 Å². The highest BCUT2D eigenvalue weighted by molar-refractivity contribution is 9.10. The topological polar surface area (TPSA) is 43.3 Å². The van der Waals surface area contributed by atoms with Crippen LogP contribution in [0.15, 0.2) is 51.9 Å². The average Bonchev–Trinajstić information content (AvgIpc) is 2.44. The highest BCUT2D eigenvalue weighted by Crippen LogP contribution is 2.25. The maximum atomic E-state index is 11.6. The summed E-state index contributed by atoms with van der Waals surface area (Å²) < 4.78 is 7.90. The van der Waals surface area contributed by atoms with Gasteiger partial charge in [-0.15, -0.1) is 0 Å². The standard InChI is InChI=1S/C15H17BrN2O2/c1-20-11-12-13(16)5-4-6-14(12)17-8-10-18-9-3-2-7-15(18)19/h2-7,9,17H,8,10-11H2,1H3. The molecule has 0 aliphatic carbocycles. The van der Waals surface area contributed by atoms with Gasteiger partial charge in [0.05, 0.1) is 6.61 Å². The molecule has 0 spiro atoms. The molecule has 2 aromatic rings. The van der Waals surface area contributed by atoms with Gasteiger partial charge in [-0.3, -0.25) is 4.79 Å². The van der Waals surface area contributed by atoms with Crippen LogP contribution in [0.4, 0.5) is 5.69 Å². The fourth-order valence-corrected chi connectivity index (χ4v) is 2.45. The molecule has 1 N–H and O–H groups in total. The minimum absolute atomic E-state index is 0.0145. The van der Waals surface area contributed by atoms with Crippen molar-refractivity contribution in [1.29, 1.82) is 0 Å². The van der Waals surface area contributed by atoms with E-state index < -0.39 is 0 Å². The fourth-order valence-electron chi connectivity index (χ4n) is 1.97. The Balaban J connectivity index is 2.03. The van der Waals surface area contributed by atoms with Gasteiger partial charge in [0.15, 0.2) is 0 Å². The van der Waals surface area contributed by atoms with Gasteiger partial charge in [-0.2, -0.15) is 0 Å². The molecule has 0 fully saturated rings. The highest BCUT2D eigenvalue weighted by atomic mass is 79.9. The summed E-state index contributed by atoms with van der Waals surface area (Å²) in [5.74, 6) is 0. The Morgan fingerprint density at radius 2 is 2.10 bits per heavy atom. The molecule has 5 heteroatoms. The summed E-state index contributed by atoms with van der Waals surface area (Å²) in [5, 5.41) is 3.34. The SMILES string of the molecule is COCc1c(Br)cccc1NCCn1ccccc1=O. The number of anilines is 1. The second kappa shape index (κ2) is 7.26. The Morgan fingerprint density at radius 1 is 1.25 bits per heavy atom. The number of benzene rings is 1. The molecule has 106 valence electrons. The first kappa shape index (κ1) is 14.8. The summed E-state index contributed by atoms with van der Waals surface area (Å²) in [6, 6.07) is 11.1. The van der Waals surface area contributed by atoms with Gasteiger partial charge in [0.25, 0.3) is 5.56 Å². The van der Waals surface area contributed by atoms with E-state index in [0.717, 1.165) is 15.7 Å². The van der Waals surface area contributed by atoms with Crippen molar-refractivity contribution in [3.63, 3.8) is 0 Å². The molecule has 0 radical (unpaired) electrons. The van der Waals surface area contributed by atoms with Gasteiger partial charge in [-0.1, -0.05) is 28.1 Å².